The summed E-state index contributed by atoms with van der Waals surface area (Å²) in [6.45, 7) is 3.88. The molecule has 0 aliphatic carbocycles. The quantitative estimate of drug-likeness (QED) is 0.691. The first-order chi connectivity index (χ1) is 15.9. The monoisotopic (exact) mass is 490 g/mol. The van der Waals surface area contributed by atoms with Crippen molar-refractivity contribution >= 4 is 39.0 Å². The number of nitrogens with zero attached hydrogens (tertiary/aromatic N) is 3. The van der Waals surface area contributed by atoms with Crippen LogP contribution in [0.4, 0.5) is 5.82 Å². The normalized spacial score (nSPS) is 18.6. The van der Waals surface area contributed by atoms with Crippen molar-refractivity contribution in [1.29, 1.82) is 0 Å². The van der Waals surface area contributed by atoms with Gasteiger partial charge in [-0.3, -0.25) is 9.59 Å². The van der Waals surface area contributed by atoms with Gasteiger partial charge in [0, 0.05) is 43.7 Å². The van der Waals surface area contributed by atoms with Crippen LogP contribution in [0.15, 0.2) is 34.0 Å². The van der Waals surface area contributed by atoms with Gasteiger partial charge in [-0.05, 0) is 50.3 Å². The number of nitrogens with one attached hydrogen (secondary N) is 1. The van der Waals surface area contributed by atoms with Crippen molar-refractivity contribution in [2.75, 3.05) is 31.5 Å². The van der Waals surface area contributed by atoms with Gasteiger partial charge in [-0.25, -0.2) is 13.4 Å². The molecule has 4 rings (SSSR count). The Morgan fingerprint density at radius 2 is 1.79 bits per heavy atom. The van der Waals surface area contributed by atoms with Crippen LogP contribution in [-0.4, -0.2) is 60.6 Å². The minimum Gasteiger partial charge on any atom is -0.339 e. The predicted molar refractivity (Wildman–Crippen MR) is 128 cm³/mol. The maximum Gasteiger partial charge on any atom is 0.254 e. The maximum absolute atomic E-state index is 13.2. The Morgan fingerprint density at radius 3 is 2.45 bits per heavy atom. The van der Waals surface area contributed by atoms with Crippen LogP contribution in [0.1, 0.15) is 54.4 Å². The topological polar surface area (TPSA) is 99.7 Å². The fourth-order valence-corrected chi connectivity index (χ4v) is 7.12. The second-order valence-electron chi connectivity index (χ2n) is 8.70. The van der Waals surface area contributed by atoms with E-state index in [1.54, 1.807) is 11.6 Å². The van der Waals surface area contributed by atoms with Crippen molar-refractivity contribution in [3.63, 3.8) is 0 Å². The molecule has 0 unspecified atom stereocenters. The molecule has 2 aliphatic rings. The van der Waals surface area contributed by atoms with Gasteiger partial charge in [0.1, 0.15) is 10.0 Å². The number of hydrogen-bond donors (Lipinski definition) is 1. The SMILES string of the molecule is Cc1cccnc1NC(=O)C1CCN(S(=O)(=O)c2cc(C(=O)N3CCCCCC3)cs2)CC1. The zero-order chi connectivity index (χ0) is 23.4. The van der Waals surface area contributed by atoms with E-state index in [9.17, 15) is 18.0 Å². The summed E-state index contributed by atoms with van der Waals surface area (Å²) in [6.07, 6.45) is 6.76. The smallest absolute Gasteiger partial charge is 0.254 e. The molecule has 0 aromatic carbocycles. The largest absolute Gasteiger partial charge is 0.339 e. The summed E-state index contributed by atoms with van der Waals surface area (Å²) >= 11 is 1.09. The van der Waals surface area contributed by atoms with Gasteiger partial charge < -0.3 is 10.2 Å². The van der Waals surface area contributed by atoms with Crippen LogP contribution < -0.4 is 5.32 Å². The summed E-state index contributed by atoms with van der Waals surface area (Å²) in [5.41, 5.74) is 1.33. The predicted octanol–water partition coefficient (Wildman–Crippen LogP) is 3.51. The van der Waals surface area contributed by atoms with Gasteiger partial charge in [0.05, 0.1) is 5.56 Å². The molecule has 0 spiro atoms. The molecule has 0 radical (unpaired) electrons. The molecule has 2 amide bonds. The van der Waals surface area contributed by atoms with Crippen LogP contribution in [0.25, 0.3) is 0 Å². The highest BCUT2D eigenvalue weighted by atomic mass is 32.2. The molecule has 2 aromatic rings. The number of carbonyl (C=O) groups excluding carboxylic acids is 2. The van der Waals surface area contributed by atoms with E-state index in [1.807, 2.05) is 24.0 Å². The summed E-state index contributed by atoms with van der Waals surface area (Å²) in [6, 6.07) is 5.20. The summed E-state index contributed by atoms with van der Waals surface area (Å²) in [4.78, 5) is 31.5. The first kappa shape index (κ1) is 23.8. The van der Waals surface area contributed by atoms with E-state index in [0.29, 0.717) is 24.2 Å². The number of rotatable bonds is 5. The Labute approximate surface area is 199 Å². The average Bonchev–Trinajstić information content (AvgIpc) is 3.17. The minimum atomic E-state index is -3.69. The molecule has 0 atom stereocenters. The Morgan fingerprint density at radius 1 is 1.09 bits per heavy atom. The van der Waals surface area contributed by atoms with E-state index in [-0.39, 0.29) is 35.0 Å². The number of sulfonamides is 1. The molecule has 10 heteroatoms. The standard InChI is InChI=1S/C23H30N4O4S2/c1-17-7-6-10-24-21(17)25-22(28)18-8-13-27(14-9-18)33(30,31)20-15-19(16-32-20)23(29)26-11-4-2-3-5-12-26/h6-7,10,15-16,18H,2-5,8-9,11-14H2,1H3,(H,24,25,28). The first-order valence-corrected chi connectivity index (χ1v) is 13.8. The van der Waals surface area contributed by atoms with Crippen LogP contribution in [0, 0.1) is 12.8 Å². The number of piperidine rings is 1. The number of amides is 2. The molecular weight excluding hydrogens is 460 g/mol. The van der Waals surface area contributed by atoms with Crippen molar-refractivity contribution in [3.05, 3.63) is 40.9 Å². The van der Waals surface area contributed by atoms with Gasteiger partial charge in [0.15, 0.2) is 0 Å². The van der Waals surface area contributed by atoms with Gasteiger partial charge in [-0.1, -0.05) is 18.9 Å². The summed E-state index contributed by atoms with van der Waals surface area (Å²) in [5.74, 6) is 0.0595. The van der Waals surface area contributed by atoms with Gasteiger partial charge in [0.25, 0.3) is 15.9 Å². The molecular formula is C23H30N4O4S2. The van der Waals surface area contributed by atoms with Crippen molar-refractivity contribution in [1.82, 2.24) is 14.2 Å². The molecule has 0 bridgehead atoms. The average molecular weight is 491 g/mol. The Hall–Kier alpha value is -2.30. The Balaban J connectivity index is 1.36. The maximum atomic E-state index is 13.2. The number of pyridine rings is 1. The second-order valence-corrected chi connectivity index (χ2v) is 11.8. The highest BCUT2D eigenvalue weighted by Gasteiger charge is 2.33. The van der Waals surface area contributed by atoms with E-state index in [4.69, 9.17) is 0 Å². The van der Waals surface area contributed by atoms with Crippen LogP contribution in [0.2, 0.25) is 0 Å². The van der Waals surface area contributed by atoms with E-state index < -0.39 is 10.0 Å². The van der Waals surface area contributed by atoms with Crippen LogP contribution in [0.3, 0.4) is 0 Å². The van der Waals surface area contributed by atoms with Crippen molar-refractivity contribution in [2.24, 2.45) is 5.92 Å². The lowest BCUT2D eigenvalue weighted by Gasteiger charge is -2.30. The van der Waals surface area contributed by atoms with Crippen LogP contribution in [-0.2, 0) is 14.8 Å². The van der Waals surface area contributed by atoms with Crippen LogP contribution >= 0.6 is 11.3 Å². The van der Waals surface area contributed by atoms with E-state index in [2.05, 4.69) is 10.3 Å². The van der Waals surface area contributed by atoms with Crippen LogP contribution in [0.5, 0.6) is 0 Å². The molecule has 2 aromatic heterocycles. The summed E-state index contributed by atoms with van der Waals surface area (Å²) in [5, 5.41) is 4.51. The van der Waals surface area contributed by atoms with Crippen molar-refractivity contribution < 1.29 is 18.0 Å². The lowest BCUT2D eigenvalue weighted by atomic mass is 9.97. The number of thiophene rings is 1. The van der Waals surface area contributed by atoms with Gasteiger partial charge in [-0.15, -0.1) is 11.3 Å². The first-order valence-electron chi connectivity index (χ1n) is 11.5. The fraction of sp³-hybridized carbons (Fsp3) is 0.522. The molecule has 4 heterocycles. The molecule has 0 saturated carbocycles. The number of carbonyl (C=O) groups is 2. The highest BCUT2D eigenvalue weighted by Crippen LogP contribution is 2.29. The van der Waals surface area contributed by atoms with E-state index in [1.165, 1.54) is 10.4 Å². The van der Waals surface area contributed by atoms with E-state index >= 15 is 0 Å². The molecule has 2 saturated heterocycles. The zero-order valence-corrected chi connectivity index (χ0v) is 20.5. The summed E-state index contributed by atoms with van der Waals surface area (Å²) in [7, 11) is -3.69. The number of hydrogen-bond acceptors (Lipinski definition) is 6. The highest BCUT2D eigenvalue weighted by molar-refractivity contribution is 7.91. The Bertz CT molecular complexity index is 1100. The van der Waals surface area contributed by atoms with Crippen molar-refractivity contribution in [3.8, 4) is 0 Å². The molecule has 33 heavy (non-hydrogen) atoms. The Kier molecular flexibility index (Phi) is 7.45. The number of likely N-dealkylation sites (tertiary alicyclic amines) is 1. The molecule has 8 nitrogen and oxygen atoms in total. The second kappa shape index (κ2) is 10.3. The number of aryl methyl sites for hydroxylation is 1. The van der Waals surface area contributed by atoms with Gasteiger partial charge >= 0.3 is 0 Å². The third kappa shape index (κ3) is 5.44. The molecule has 178 valence electrons. The molecule has 2 aliphatic heterocycles. The lowest BCUT2D eigenvalue weighted by molar-refractivity contribution is -0.120. The number of anilines is 1. The third-order valence-corrected chi connectivity index (χ3v) is 9.70. The van der Waals surface area contributed by atoms with E-state index in [0.717, 1.165) is 55.7 Å². The van der Waals surface area contributed by atoms with Gasteiger partial charge in [0.2, 0.25) is 5.91 Å². The zero-order valence-electron chi connectivity index (χ0n) is 18.8. The summed E-state index contributed by atoms with van der Waals surface area (Å²) < 4.78 is 27.9. The lowest BCUT2D eigenvalue weighted by Crippen LogP contribution is -2.41. The van der Waals surface area contributed by atoms with Crippen molar-refractivity contribution in [2.45, 2.75) is 49.7 Å². The molecule has 2 fully saturated rings. The number of aromatic nitrogens is 1. The molecule has 1 N–H and O–H groups in total. The third-order valence-electron chi connectivity index (χ3n) is 6.39. The van der Waals surface area contributed by atoms with Gasteiger partial charge in [-0.2, -0.15) is 4.31 Å². The fourth-order valence-electron chi connectivity index (χ4n) is 4.34. The minimum absolute atomic E-state index is 0.0882.